The van der Waals surface area contributed by atoms with E-state index in [1.807, 2.05) is 9.91 Å². The second kappa shape index (κ2) is 5.29. The fraction of sp³-hybridized carbons (Fsp3) is 0.364. The molecule has 0 atom stereocenters. The van der Waals surface area contributed by atoms with Gasteiger partial charge in [0.15, 0.2) is 5.78 Å². The molecule has 1 aliphatic carbocycles. The summed E-state index contributed by atoms with van der Waals surface area (Å²) in [7, 11) is 0. The van der Waals surface area contributed by atoms with Crippen molar-refractivity contribution < 1.29 is 10.0 Å². The van der Waals surface area contributed by atoms with Crippen molar-refractivity contribution in [2.75, 3.05) is 26.2 Å². The zero-order valence-corrected chi connectivity index (χ0v) is 9.36. The fourth-order valence-corrected chi connectivity index (χ4v) is 1.68. The van der Waals surface area contributed by atoms with E-state index in [0.29, 0.717) is 0 Å². The summed E-state index contributed by atoms with van der Waals surface area (Å²) in [5.41, 5.74) is 0.786. The van der Waals surface area contributed by atoms with Crippen LogP contribution in [0.1, 0.15) is 0 Å². The number of hydrogen-bond acceptors (Lipinski definition) is 5. The average molecular weight is 234 g/mol. The standard InChI is InChI=1S/C11H14N4O2/c16-11-3-1-10(2-4-11)13-15-7-5-14(6-8-15)9-12-17/h1-4,9,17H,5-8H2. The number of hydrogen-bond donors (Lipinski definition) is 1. The largest absolute Gasteiger partial charge is 0.410 e. The summed E-state index contributed by atoms with van der Waals surface area (Å²) in [4.78, 5) is 12.9. The zero-order chi connectivity index (χ0) is 12.1. The maximum atomic E-state index is 10.9. The van der Waals surface area contributed by atoms with Crippen molar-refractivity contribution in [3.8, 4) is 0 Å². The summed E-state index contributed by atoms with van der Waals surface area (Å²) in [5, 5.41) is 17.8. The van der Waals surface area contributed by atoms with Gasteiger partial charge in [-0.3, -0.25) is 9.80 Å². The van der Waals surface area contributed by atoms with E-state index >= 15 is 0 Å². The molecule has 1 saturated heterocycles. The summed E-state index contributed by atoms with van der Waals surface area (Å²) in [6.07, 6.45) is 7.86. The van der Waals surface area contributed by atoms with E-state index in [1.165, 1.54) is 18.5 Å². The molecule has 1 heterocycles. The normalized spacial score (nSPS) is 20.5. The van der Waals surface area contributed by atoms with Crippen LogP contribution in [0.2, 0.25) is 0 Å². The molecule has 2 aliphatic rings. The van der Waals surface area contributed by atoms with E-state index in [1.54, 1.807) is 12.2 Å². The molecule has 0 amide bonds. The van der Waals surface area contributed by atoms with Crippen molar-refractivity contribution >= 4 is 17.8 Å². The van der Waals surface area contributed by atoms with Crippen LogP contribution < -0.4 is 0 Å². The van der Waals surface area contributed by atoms with Crippen molar-refractivity contribution in [1.82, 2.24) is 9.91 Å². The molecule has 90 valence electrons. The summed E-state index contributed by atoms with van der Waals surface area (Å²) < 4.78 is 0. The molecule has 0 aromatic carbocycles. The van der Waals surface area contributed by atoms with Gasteiger partial charge < -0.3 is 10.1 Å². The van der Waals surface area contributed by atoms with E-state index in [-0.39, 0.29) is 5.78 Å². The number of hydrazone groups is 1. The Kier molecular flexibility index (Phi) is 3.54. The first-order valence-corrected chi connectivity index (χ1v) is 5.43. The van der Waals surface area contributed by atoms with Crippen LogP contribution in [0, 0.1) is 0 Å². The number of oxime groups is 1. The van der Waals surface area contributed by atoms with Crippen molar-refractivity contribution in [3.63, 3.8) is 0 Å². The van der Waals surface area contributed by atoms with Gasteiger partial charge in [0, 0.05) is 13.1 Å². The average Bonchev–Trinajstić information content (AvgIpc) is 2.35. The van der Waals surface area contributed by atoms with Gasteiger partial charge in [-0.1, -0.05) is 5.16 Å². The summed E-state index contributed by atoms with van der Waals surface area (Å²) in [5.74, 6) is -0.00655. The molecule has 0 radical (unpaired) electrons. The van der Waals surface area contributed by atoms with E-state index in [4.69, 9.17) is 5.21 Å². The van der Waals surface area contributed by atoms with E-state index in [9.17, 15) is 4.79 Å². The minimum absolute atomic E-state index is 0.00655. The molecule has 0 spiro atoms. The van der Waals surface area contributed by atoms with Crippen LogP contribution in [0.4, 0.5) is 0 Å². The number of ketones is 1. The van der Waals surface area contributed by atoms with E-state index in [0.717, 1.165) is 31.9 Å². The Bertz CT molecular complexity index is 386. The van der Waals surface area contributed by atoms with Gasteiger partial charge in [0.1, 0.15) is 6.34 Å². The highest BCUT2D eigenvalue weighted by atomic mass is 16.4. The van der Waals surface area contributed by atoms with Crippen molar-refractivity contribution in [1.29, 1.82) is 0 Å². The number of carbonyl (C=O) groups is 1. The van der Waals surface area contributed by atoms with Crippen LogP contribution >= 0.6 is 0 Å². The second-order valence-electron chi connectivity index (χ2n) is 3.81. The number of allylic oxidation sites excluding steroid dienone is 4. The predicted molar refractivity (Wildman–Crippen MR) is 64.1 cm³/mol. The minimum Gasteiger partial charge on any atom is -0.410 e. The third-order valence-corrected chi connectivity index (χ3v) is 2.60. The minimum atomic E-state index is -0.00655. The van der Waals surface area contributed by atoms with Gasteiger partial charge in [-0.25, -0.2) is 0 Å². The smallest absolute Gasteiger partial charge is 0.178 e. The van der Waals surface area contributed by atoms with Crippen molar-refractivity contribution in [2.45, 2.75) is 0 Å². The molecule has 2 rings (SSSR count). The molecule has 1 N–H and O–H groups in total. The van der Waals surface area contributed by atoms with Crippen LogP contribution in [0.25, 0.3) is 0 Å². The number of piperazine rings is 1. The Balaban J connectivity index is 1.90. The maximum Gasteiger partial charge on any atom is 0.178 e. The molecule has 6 heteroatoms. The highest BCUT2D eigenvalue weighted by Gasteiger charge is 2.13. The van der Waals surface area contributed by atoms with Gasteiger partial charge >= 0.3 is 0 Å². The van der Waals surface area contributed by atoms with Crippen LogP contribution in [0.5, 0.6) is 0 Å². The SMILES string of the molecule is O=C1C=CC(=NN2CCN(C=NO)CC2)C=C1. The molecule has 1 aliphatic heterocycles. The van der Waals surface area contributed by atoms with E-state index < -0.39 is 0 Å². The monoisotopic (exact) mass is 234 g/mol. The summed E-state index contributed by atoms with van der Waals surface area (Å²) >= 11 is 0. The molecule has 0 aromatic rings. The van der Waals surface area contributed by atoms with Crippen LogP contribution in [-0.4, -0.2) is 59.1 Å². The zero-order valence-electron chi connectivity index (χ0n) is 9.36. The Morgan fingerprint density at radius 2 is 1.76 bits per heavy atom. The Hall–Kier alpha value is -2.11. The van der Waals surface area contributed by atoms with Gasteiger partial charge in [0.25, 0.3) is 0 Å². The summed E-state index contributed by atoms with van der Waals surface area (Å²) in [6.45, 7) is 3.08. The lowest BCUT2D eigenvalue weighted by Crippen LogP contribution is -2.43. The quantitative estimate of drug-likeness (QED) is 0.241. The molecule has 1 fully saturated rings. The lowest BCUT2D eigenvalue weighted by molar-refractivity contribution is -0.110. The highest BCUT2D eigenvalue weighted by Crippen LogP contribution is 2.03. The van der Waals surface area contributed by atoms with Crippen LogP contribution in [0.15, 0.2) is 34.6 Å². The molecular weight excluding hydrogens is 220 g/mol. The van der Waals surface area contributed by atoms with Gasteiger partial charge in [-0.15, -0.1) is 0 Å². The maximum absolute atomic E-state index is 10.9. The van der Waals surface area contributed by atoms with Crippen LogP contribution in [-0.2, 0) is 4.79 Å². The number of nitrogens with zero attached hydrogens (tertiary/aromatic N) is 4. The Morgan fingerprint density at radius 3 is 2.35 bits per heavy atom. The van der Waals surface area contributed by atoms with Gasteiger partial charge in [-0.2, -0.15) is 5.10 Å². The molecule has 0 aromatic heterocycles. The predicted octanol–water partition coefficient (Wildman–Crippen LogP) is 0.0726. The van der Waals surface area contributed by atoms with E-state index in [2.05, 4.69) is 10.3 Å². The second-order valence-corrected chi connectivity index (χ2v) is 3.81. The Morgan fingerprint density at radius 1 is 1.12 bits per heavy atom. The molecule has 0 unspecified atom stereocenters. The molecular formula is C11H14N4O2. The topological polar surface area (TPSA) is 68.5 Å². The lowest BCUT2D eigenvalue weighted by Gasteiger charge is -2.31. The summed E-state index contributed by atoms with van der Waals surface area (Å²) in [6, 6.07) is 0. The lowest BCUT2D eigenvalue weighted by atomic mass is 10.2. The fourth-order valence-electron chi connectivity index (χ4n) is 1.68. The highest BCUT2D eigenvalue weighted by molar-refractivity contribution is 6.16. The third-order valence-electron chi connectivity index (χ3n) is 2.60. The van der Waals surface area contributed by atoms with Crippen molar-refractivity contribution in [3.05, 3.63) is 24.3 Å². The number of carbonyl (C=O) groups excluding carboxylic acids is 1. The van der Waals surface area contributed by atoms with Gasteiger partial charge in [0.2, 0.25) is 0 Å². The third kappa shape index (κ3) is 3.17. The first kappa shape index (κ1) is 11.4. The van der Waals surface area contributed by atoms with Crippen LogP contribution in [0.3, 0.4) is 0 Å². The number of rotatable bonds is 2. The molecule has 17 heavy (non-hydrogen) atoms. The van der Waals surface area contributed by atoms with Gasteiger partial charge in [-0.05, 0) is 24.3 Å². The molecule has 0 saturated carbocycles. The van der Waals surface area contributed by atoms with Crippen molar-refractivity contribution in [2.24, 2.45) is 10.3 Å². The first-order chi connectivity index (χ1) is 8.28. The molecule has 6 nitrogen and oxygen atoms in total. The first-order valence-electron chi connectivity index (χ1n) is 5.43. The van der Waals surface area contributed by atoms with Gasteiger partial charge in [0.05, 0.1) is 18.8 Å². The Labute approximate surface area is 99.2 Å². The molecule has 0 bridgehead atoms.